The van der Waals surface area contributed by atoms with Gasteiger partial charge in [-0.25, -0.2) is 9.97 Å². The number of rotatable bonds is 2. The maximum absolute atomic E-state index is 10.8. The number of nitrogens with zero attached hydrogens (tertiary/aromatic N) is 3. The number of anilines is 1. The summed E-state index contributed by atoms with van der Waals surface area (Å²) in [4.78, 5) is 18.7. The monoisotopic (exact) mass is 244 g/mol. The number of aromatic nitrogens is 2. The van der Waals surface area contributed by atoms with Crippen LogP contribution in [0.15, 0.2) is 24.3 Å². The Labute approximate surface area is 104 Å². The van der Waals surface area contributed by atoms with Crippen molar-refractivity contribution < 1.29 is 4.92 Å². The third kappa shape index (κ3) is 2.13. The van der Waals surface area contributed by atoms with Gasteiger partial charge in [0, 0.05) is 23.3 Å². The van der Waals surface area contributed by atoms with Crippen LogP contribution in [0, 0.1) is 24.0 Å². The molecule has 0 saturated heterocycles. The standard InChI is InChI=1S/C12H12N4O2/c1-7-11(14-8(2)15-12(7)13)9-4-3-5-10(6-9)16(17)18/h3-6H,1-2H3,(H2,13,14,15). The number of nitro groups is 1. The van der Waals surface area contributed by atoms with Gasteiger partial charge in [-0.05, 0) is 13.8 Å². The van der Waals surface area contributed by atoms with E-state index in [4.69, 9.17) is 5.73 Å². The molecule has 0 radical (unpaired) electrons. The van der Waals surface area contributed by atoms with E-state index in [9.17, 15) is 10.1 Å². The third-order valence-corrected chi connectivity index (χ3v) is 2.63. The summed E-state index contributed by atoms with van der Waals surface area (Å²) in [6.07, 6.45) is 0. The number of nitrogen functional groups attached to an aromatic ring is 1. The Morgan fingerprint density at radius 2 is 2.00 bits per heavy atom. The molecule has 0 atom stereocenters. The van der Waals surface area contributed by atoms with Gasteiger partial charge in [-0.1, -0.05) is 12.1 Å². The molecule has 2 aromatic rings. The van der Waals surface area contributed by atoms with Gasteiger partial charge in [0.05, 0.1) is 10.6 Å². The number of non-ortho nitro benzene ring substituents is 1. The fourth-order valence-electron chi connectivity index (χ4n) is 1.70. The lowest BCUT2D eigenvalue weighted by Gasteiger charge is -2.08. The molecule has 0 aliphatic rings. The summed E-state index contributed by atoms with van der Waals surface area (Å²) in [6.45, 7) is 3.53. The first-order valence-corrected chi connectivity index (χ1v) is 5.34. The number of benzene rings is 1. The van der Waals surface area contributed by atoms with Gasteiger partial charge in [-0.3, -0.25) is 10.1 Å². The maximum atomic E-state index is 10.8. The lowest BCUT2D eigenvalue weighted by atomic mass is 10.1. The van der Waals surface area contributed by atoms with Gasteiger partial charge in [0.15, 0.2) is 0 Å². The van der Waals surface area contributed by atoms with E-state index < -0.39 is 4.92 Å². The Morgan fingerprint density at radius 3 is 2.67 bits per heavy atom. The Kier molecular flexibility index (Phi) is 2.93. The molecule has 0 spiro atoms. The lowest BCUT2D eigenvalue weighted by molar-refractivity contribution is -0.384. The van der Waals surface area contributed by atoms with Crippen molar-refractivity contribution in [3.05, 3.63) is 45.8 Å². The van der Waals surface area contributed by atoms with Crippen LogP contribution in [-0.2, 0) is 0 Å². The first-order valence-electron chi connectivity index (χ1n) is 5.34. The van der Waals surface area contributed by atoms with E-state index in [0.29, 0.717) is 22.9 Å². The van der Waals surface area contributed by atoms with Crippen molar-refractivity contribution in [2.45, 2.75) is 13.8 Å². The van der Waals surface area contributed by atoms with E-state index in [1.165, 1.54) is 12.1 Å². The number of aryl methyl sites for hydroxylation is 1. The first-order chi connectivity index (χ1) is 8.49. The van der Waals surface area contributed by atoms with E-state index in [1.807, 2.05) is 0 Å². The minimum Gasteiger partial charge on any atom is -0.383 e. The van der Waals surface area contributed by atoms with Crippen LogP contribution in [0.1, 0.15) is 11.4 Å². The predicted molar refractivity (Wildman–Crippen MR) is 68.0 cm³/mol. The Hall–Kier alpha value is -2.50. The molecule has 6 nitrogen and oxygen atoms in total. The quantitative estimate of drug-likeness (QED) is 0.645. The predicted octanol–water partition coefficient (Wildman–Crippen LogP) is 2.25. The van der Waals surface area contributed by atoms with E-state index in [2.05, 4.69) is 9.97 Å². The third-order valence-electron chi connectivity index (χ3n) is 2.63. The summed E-state index contributed by atoms with van der Waals surface area (Å²) in [5, 5.41) is 10.8. The van der Waals surface area contributed by atoms with Crippen molar-refractivity contribution in [3.63, 3.8) is 0 Å². The molecular formula is C12H12N4O2. The van der Waals surface area contributed by atoms with Crippen molar-refractivity contribution in [1.82, 2.24) is 9.97 Å². The molecule has 1 heterocycles. The topological polar surface area (TPSA) is 94.9 Å². The second-order valence-corrected chi connectivity index (χ2v) is 3.94. The largest absolute Gasteiger partial charge is 0.383 e. The number of hydrogen-bond donors (Lipinski definition) is 1. The van der Waals surface area contributed by atoms with E-state index in [0.717, 1.165) is 5.56 Å². The SMILES string of the molecule is Cc1nc(N)c(C)c(-c2cccc([N+](=O)[O-])c2)n1. The molecule has 6 heteroatoms. The van der Waals surface area contributed by atoms with E-state index in [-0.39, 0.29) is 5.69 Å². The van der Waals surface area contributed by atoms with Crippen LogP contribution in [0.25, 0.3) is 11.3 Å². The highest BCUT2D eigenvalue weighted by molar-refractivity contribution is 5.69. The molecule has 1 aromatic carbocycles. The average molecular weight is 244 g/mol. The van der Waals surface area contributed by atoms with Gasteiger partial charge in [-0.15, -0.1) is 0 Å². The molecule has 1 aromatic heterocycles. The summed E-state index contributed by atoms with van der Waals surface area (Å²) in [7, 11) is 0. The fourth-order valence-corrected chi connectivity index (χ4v) is 1.70. The molecule has 0 unspecified atom stereocenters. The summed E-state index contributed by atoms with van der Waals surface area (Å²) in [5.74, 6) is 0.934. The minimum absolute atomic E-state index is 0.0294. The van der Waals surface area contributed by atoms with Crippen molar-refractivity contribution in [1.29, 1.82) is 0 Å². The van der Waals surface area contributed by atoms with Crippen LogP contribution in [0.5, 0.6) is 0 Å². The molecule has 0 amide bonds. The highest BCUT2D eigenvalue weighted by Crippen LogP contribution is 2.26. The first kappa shape index (κ1) is 12.0. The van der Waals surface area contributed by atoms with Crippen LogP contribution in [-0.4, -0.2) is 14.9 Å². The van der Waals surface area contributed by atoms with E-state index >= 15 is 0 Å². The molecule has 0 saturated carbocycles. The smallest absolute Gasteiger partial charge is 0.270 e. The van der Waals surface area contributed by atoms with Gasteiger partial charge >= 0.3 is 0 Å². The van der Waals surface area contributed by atoms with Crippen molar-refractivity contribution in [2.24, 2.45) is 0 Å². The van der Waals surface area contributed by atoms with Gasteiger partial charge in [-0.2, -0.15) is 0 Å². The molecule has 0 aliphatic carbocycles. The second-order valence-electron chi connectivity index (χ2n) is 3.94. The number of hydrogen-bond acceptors (Lipinski definition) is 5. The van der Waals surface area contributed by atoms with Crippen LogP contribution < -0.4 is 5.73 Å². The van der Waals surface area contributed by atoms with Crippen LogP contribution in [0.2, 0.25) is 0 Å². The lowest BCUT2D eigenvalue weighted by Crippen LogP contribution is -2.02. The normalized spacial score (nSPS) is 10.3. The van der Waals surface area contributed by atoms with Gasteiger partial charge in [0.25, 0.3) is 5.69 Å². The summed E-state index contributed by atoms with van der Waals surface area (Å²) in [6, 6.07) is 6.31. The number of nitrogens with two attached hydrogens (primary N) is 1. The Balaban J connectivity index is 2.62. The fraction of sp³-hybridized carbons (Fsp3) is 0.167. The summed E-state index contributed by atoms with van der Waals surface area (Å²) >= 11 is 0. The highest BCUT2D eigenvalue weighted by Gasteiger charge is 2.12. The molecule has 0 bridgehead atoms. The molecule has 92 valence electrons. The molecule has 0 aliphatic heterocycles. The zero-order valence-corrected chi connectivity index (χ0v) is 10.0. The summed E-state index contributed by atoms with van der Waals surface area (Å²) in [5.41, 5.74) is 7.82. The number of nitro benzene ring substituents is 1. The van der Waals surface area contributed by atoms with Gasteiger partial charge < -0.3 is 5.73 Å². The van der Waals surface area contributed by atoms with Crippen molar-refractivity contribution in [2.75, 3.05) is 5.73 Å². The Morgan fingerprint density at radius 1 is 1.28 bits per heavy atom. The van der Waals surface area contributed by atoms with Crippen LogP contribution in [0.4, 0.5) is 11.5 Å². The second kappa shape index (κ2) is 4.40. The minimum atomic E-state index is -0.434. The highest BCUT2D eigenvalue weighted by atomic mass is 16.6. The Bertz CT molecular complexity index is 625. The molecule has 2 rings (SSSR count). The van der Waals surface area contributed by atoms with Gasteiger partial charge in [0.2, 0.25) is 0 Å². The maximum Gasteiger partial charge on any atom is 0.270 e. The molecule has 2 N–H and O–H groups in total. The van der Waals surface area contributed by atoms with Crippen LogP contribution >= 0.6 is 0 Å². The molecular weight excluding hydrogens is 232 g/mol. The zero-order chi connectivity index (χ0) is 13.3. The van der Waals surface area contributed by atoms with Crippen LogP contribution in [0.3, 0.4) is 0 Å². The van der Waals surface area contributed by atoms with Crippen molar-refractivity contribution in [3.8, 4) is 11.3 Å². The summed E-state index contributed by atoms with van der Waals surface area (Å²) < 4.78 is 0. The van der Waals surface area contributed by atoms with Gasteiger partial charge in [0.1, 0.15) is 11.6 Å². The molecule has 18 heavy (non-hydrogen) atoms. The van der Waals surface area contributed by atoms with Crippen molar-refractivity contribution >= 4 is 11.5 Å². The average Bonchev–Trinajstić information content (AvgIpc) is 2.34. The molecule has 0 fully saturated rings. The van der Waals surface area contributed by atoms with E-state index in [1.54, 1.807) is 26.0 Å². The zero-order valence-electron chi connectivity index (χ0n) is 10.0.